The van der Waals surface area contributed by atoms with Gasteiger partial charge in [-0.2, -0.15) is 0 Å². The molecule has 0 aliphatic rings. The third-order valence-electron chi connectivity index (χ3n) is 15.5. The maximum absolute atomic E-state index is 13.0. The zero-order valence-corrected chi connectivity index (χ0v) is 52.9. The van der Waals surface area contributed by atoms with E-state index >= 15 is 0 Å². The molecular formula is C73H132O6. The van der Waals surface area contributed by atoms with Crippen LogP contribution >= 0.6 is 0 Å². The Morgan fingerprint density at radius 1 is 0.253 bits per heavy atom. The molecule has 460 valence electrons. The van der Waals surface area contributed by atoms with Crippen LogP contribution in [0.25, 0.3) is 0 Å². The van der Waals surface area contributed by atoms with E-state index < -0.39 is 6.10 Å². The second kappa shape index (κ2) is 67.6. The van der Waals surface area contributed by atoms with E-state index in [4.69, 9.17) is 14.2 Å². The Labute approximate surface area is 491 Å². The SMILES string of the molecule is CCCCCC/C=C\C/C=C\CCCCCCCC(=O)OCC(COC(=O)CCCCCCCCCC/C=C\C/C=C\C/C=C\CCCCCCC)OC(=O)CCCCCCCCCCCCCCCCCCCCCCCC. The van der Waals surface area contributed by atoms with Crippen molar-refractivity contribution >= 4 is 17.9 Å². The van der Waals surface area contributed by atoms with Gasteiger partial charge in [0, 0.05) is 19.3 Å². The van der Waals surface area contributed by atoms with Crippen molar-refractivity contribution in [3.8, 4) is 0 Å². The van der Waals surface area contributed by atoms with Gasteiger partial charge in [-0.25, -0.2) is 0 Å². The average molecular weight is 1110 g/mol. The molecule has 0 heterocycles. The van der Waals surface area contributed by atoms with Crippen molar-refractivity contribution in [2.75, 3.05) is 13.2 Å². The molecule has 0 aromatic rings. The first-order valence-electron chi connectivity index (χ1n) is 34.8. The van der Waals surface area contributed by atoms with Crippen molar-refractivity contribution in [3.05, 3.63) is 60.8 Å². The molecule has 0 N–H and O–H groups in total. The molecule has 0 amide bonds. The van der Waals surface area contributed by atoms with Gasteiger partial charge in [0.25, 0.3) is 0 Å². The van der Waals surface area contributed by atoms with Gasteiger partial charge in [-0.3, -0.25) is 14.4 Å². The Balaban J connectivity index is 4.35. The lowest BCUT2D eigenvalue weighted by atomic mass is 10.0. The predicted molar refractivity (Wildman–Crippen MR) is 344 cm³/mol. The number of rotatable bonds is 64. The molecule has 0 saturated heterocycles. The summed E-state index contributed by atoms with van der Waals surface area (Å²) in [6, 6.07) is 0. The van der Waals surface area contributed by atoms with Crippen LogP contribution in [-0.4, -0.2) is 37.2 Å². The minimum absolute atomic E-state index is 0.0795. The highest BCUT2D eigenvalue weighted by atomic mass is 16.6. The summed E-state index contributed by atoms with van der Waals surface area (Å²) in [5, 5.41) is 0. The molecule has 1 unspecified atom stereocenters. The van der Waals surface area contributed by atoms with Gasteiger partial charge in [0.15, 0.2) is 6.10 Å². The fourth-order valence-electron chi connectivity index (χ4n) is 10.2. The number of hydrogen-bond donors (Lipinski definition) is 0. The smallest absolute Gasteiger partial charge is 0.306 e. The van der Waals surface area contributed by atoms with Gasteiger partial charge in [-0.15, -0.1) is 0 Å². The van der Waals surface area contributed by atoms with E-state index in [-0.39, 0.29) is 31.1 Å². The highest BCUT2D eigenvalue weighted by Crippen LogP contribution is 2.18. The summed E-state index contributed by atoms with van der Waals surface area (Å²) >= 11 is 0. The number of esters is 3. The van der Waals surface area contributed by atoms with E-state index in [1.54, 1.807) is 0 Å². The number of hydrogen-bond acceptors (Lipinski definition) is 6. The van der Waals surface area contributed by atoms with Gasteiger partial charge in [0.05, 0.1) is 0 Å². The van der Waals surface area contributed by atoms with Crippen LogP contribution in [0.1, 0.15) is 367 Å². The van der Waals surface area contributed by atoms with Crippen LogP contribution in [0.2, 0.25) is 0 Å². The van der Waals surface area contributed by atoms with Crippen molar-refractivity contribution in [3.63, 3.8) is 0 Å². The largest absolute Gasteiger partial charge is 0.462 e. The van der Waals surface area contributed by atoms with Gasteiger partial charge in [0.1, 0.15) is 13.2 Å². The fourth-order valence-corrected chi connectivity index (χ4v) is 10.2. The lowest BCUT2D eigenvalue weighted by Crippen LogP contribution is -2.30. The molecule has 0 aromatic carbocycles. The average Bonchev–Trinajstić information content (AvgIpc) is 3.45. The Morgan fingerprint density at radius 3 is 0.722 bits per heavy atom. The fraction of sp³-hybridized carbons (Fsp3) is 0.822. The molecule has 0 saturated carbocycles. The topological polar surface area (TPSA) is 78.9 Å². The standard InChI is InChI=1S/C73H132O6/c1-4-7-10-13-16-19-22-25-28-31-33-35-37-39-40-42-45-48-51-54-57-60-63-66-72(75)78-69-70(68-77-71(74)65-62-59-56-53-50-47-44-30-27-24-21-18-15-12-9-6-3)79-73(76)67-64-61-58-55-52-49-46-43-41-38-36-34-32-29-26-23-20-17-14-11-8-5-2/h21-22,24-25,30-31,33,37,39,44,70H,4-20,23,26-29,32,34-36,38,40-43,45-69H2,1-3H3/b24-21-,25-22-,33-31-,39-37-,44-30-. The summed E-state index contributed by atoms with van der Waals surface area (Å²) < 4.78 is 17.0. The van der Waals surface area contributed by atoms with Crippen LogP contribution in [0.15, 0.2) is 60.8 Å². The van der Waals surface area contributed by atoms with Crippen molar-refractivity contribution in [2.45, 2.75) is 374 Å². The van der Waals surface area contributed by atoms with E-state index in [0.29, 0.717) is 19.3 Å². The molecule has 0 aliphatic heterocycles. The normalized spacial score (nSPS) is 12.4. The molecule has 6 nitrogen and oxygen atoms in total. The highest BCUT2D eigenvalue weighted by molar-refractivity contribution is 5.71. The summed E-state index contributed by atoms with van der Waals surface area (Å²) in [5.41, 5.74) is 0. The number of unbranched alkanes of at least 4 members (excludes halogenated alkanes) is 43. The van der Waals surface area contributed by atoms with Gasteiger partial charge in [0.2, 0.25) is 0 Å². The Morgan fingerprint density at radius 2 is 0.456 bits per heavy atom. The van der Waals surface area contributed by atoms with E-state index in [2.05, 4.69) is 81.5 Å². The number of carbonyl (C=O) groups is 3. The maximum atomic E-state index is 13.0. The van der Waals surface area contributed by atoms with E-state index in [9.17, 15) is 14.4 Å². The summed E-state index contributed by atoms with van der Waals surface area (Å²) in [4.78, 5) is 38.4. The second-order valence-corrected chi connectivity index (χ2v) is 23.4. The van der Waals surface area contributed by atoms with Gasteiger partial charge < -0.3 is 14.2 Å². The Bertz CT molecular complexity index is 1410. The predicted octanol–water partition coefficient (Wildman–Crippen LogP) is 23.9. The summed E-state index contributed by atoms with van der Waals surface area (Å²) in [5.74, 6) is -0.876. The van der Waals surface area contributed by atoms with Crippen molar-refractivity contribution < 1.29 is 28.6 Å². The lowest BCUT2D eigenvalue weighted by molar-refractivity contribution is -0.167. The van der Waals surface area contributed by atoms with E-state index in [1.807, 2.05) is 0 Å². The number of allylic oxidation sites excluding steroid dienone is 10. The molecule has 79 heavy (non-hydrogen) atoms. The third kappa shape index (κ3) is 65.8. The molecule has 0 fully saturated rings. The van der Waals surface area contributed by atoms with Gasteiger partial charge in [-0.05, 0) is 89.9 Å². The minimum Gasteiger partial charge on any atom is -0.462 e. The van der Waals surface area contributed by atoms with Crippen LogP contribution in [0.5, 0.6) is 0 Å². The quantitative estimate of drug-likeness (QED) is 0.0261. The van der Waals surface area contributed by atoms with Crippen LogP contribution < -0.4 is 0 Å². The van der Waals surface area contributed by atoms with Crippen LogP contribution in [0.4, 0.5) is 0 Å². The minimum atomic E-state index is -0.784. The summed E-state index contributed by atoms with van der Waals surface area (Å²) in [7, 11) is 0. The molecule has 0 aromatic heterocycles. The van der Waals surface area contributed by atoms with Gasteiger partial charge in [-0.1, -0.05) is 319 Å². The Hall–Kier alpha value is -2.89. The highest BCUT2D eigenvalue weighted by Gasteiger charge is 2.19. The van der Waals surface area contributed by atoms with Crippen molar-refractivity contribution in [2.24, 2.45) is 0 Å². The number of ether oxygens (including phenoxy) is 3. The van der Waals surface area contributed by atoms with Crippen LogP contribution in [-0.2, 0) is 28.6 Å². The first-order chi connectivity index (χ1) is 39.0. The molecule has 1 atom stereocenters. The molecule has 0 spiro atoms. The van der Waals surface area contributed by atoms with E-state index in [1.165, 1.54) is 231 Å². The molecular weight excluding hydrogens is 973 g/mol. The molecule has 0 bridgehead atoms. The van der Waals surface area contributed by atoms with Crippen molar-refractivity contribution in [1.29, 1.82) is 0 Å². The van der Waals surface area contributed by atoms with Gasteiger partial charge >= 0.3 is 17.9 Å². The Kier molecular flexibility index (Phi) is 65.1. The zero-order chi connectivity index (χ0) is 57.1. The summed E-state index contributed by atoms with van der Waals surface area (Å²) in [6.07, 6.45) is 86.6. The zero-order valence-electron chi connectivity index (χ0n) is 52.9. The maximum Gasteiger partial charge on any atom is 0.306 e. The van der Waals surface area contributed by atoms with Crippen molar-refractivity contribution in [1.82, 2.24) is 0 Å². The molecule has 6 heteroatoms. The first kappa shape index (κ1) is 76.1. The molecule has 0 aliphatic carbocycles. The third-order valence-corrected chi connectivity index (χ3v) is 15.5. The van der Waals surface area contributed by atoms with Crippen LogP contribution in [0, 0.1) is 0 Å². The first-order valence-corrected chi connectivity index (χ1v) is 34.8. The molecule has 0 radical (unpaired) electrons. The summed E-state index contributed by atoms with van der Waals surface area (Å²) in [6.45, 7) is 6.66. The second-order valence-electron chi connectivity index (χ2n) is 23.4. The monoisotopic (exact) mass is 1110 g/mol. The molecule has 0 rings (SSSR count). The number of carbonyl (C=O) groups excluding carboxylic acids is 3. The van der Waals surface area contributed by atoms with E-state index in [0.717, 1.165) is 96.3 Å². The van der Waals surface area contributed by atoms with Crippen LogP contribution in [0.3, 0.4) is 0 Å². The lowest BCUT2D eigenvalue weighted by Gasteiger charge is -2.18.